The van der Waals surface area contributed by atoms with E-state index >= 15 is 0 Å². The van der Waals surface area contributed by atoms with Crippen LogP contribution in [-0.2, 0) is 17.6 Å². The fourth-order valence-corrected chi connectivity index (χ4v) is 4.28. The molecule has 0 saturated carbocycles. The van der Waals surface area contributed by atoms with Crippen molar-refractivity contribution in [2.24, 2.45) is 0 Å². The van der Waals surface area contributed by atoms with Crippen LogP contribution in [0, 0.1) is 0 Å². The predicted octanol–water partition coefficient (Wildman–Crippen LogP) is 3.57. The van der Waals surface area contributed by atoms with Crippen LogP contribution in [0.3, 0.4) is 0 Å². The normalized spacial score (nSPS) is 18.5. The van der Waals surface area contributed by atoms with Crippen LogP contribution in [0.4, 0.5) is 5.82 Å². The molecular formula is C23H32N4O3. The summed E-state index contributed by atoms with van der Waals surface area (Å²) in [6.45, 7) is 4.83. The Balaban J connectivity index is 1.68. The minimum Gasteiger partial charge on any atom is -0.497 e. The van der Waals surface area contributed by atoms with Gasteiger partial charge in [0.25, 0.3) is 0 Å². The Morgan fingerprint density at radius 3 is 2.77 bits per heavy atom. The van der Waals surface area contributed by atoms with E-state index in [9.17, 15) is 0 Å². The van der Waals surface area contributed by atoms with Crippen molar-refractivity contribution in [1.82, 2.24) is 15.5 Å². The van der Waals surface area contributed by atoms with Crippen molar-refractivity contribution in [1.29, 1.82) is 0 Å². The van der Waals surface area contributed by atoms with E-state index in [1.54, 1.807) is 7.11 Å². The first-order chi connectivity index (χ1) is 14.8. The molecule has 0 bridgehead atoms. The maximum Gasteiger partial charge on any atom is 0.189 e. The van der Waals surface area contributed by atoms with E-state index in [1.165, 1.54) is 36.8 Å². The van der Waals surface area contributed by atoms with Gasteiger partial charge >= 0.3 is 0 Å². The van der Waals surface area contributed by atoms with E-state index in [2.05, 4.69) is 20.8 Å². The van der Waals surface area contributed by atoms with Gasteiger partial charge in [-0.1, -0.05) is 0 Å². The first kappa shape index (κ1) is 20.9. The van der Waals surface area contributed by atoms with Crippen molar-refractivity contribution in [2.45, 2.75) is 51.5 Å². The van der Waals surface area contributed by atoms with Gasteiger partial charge in [0.15, 0.2) is 12.6 Å². The Morgan fingerprint density at radius 2 is 2.00 bits per heavy atom. The molecule has 2 N–H and O–H groups in total. The fourth-order valence-electron chi connectivity index (χ4n) is 4.28. The summed E-state index contributed by atoms with van der Waals surface area (Å²) in [7, 11) is 1.66. The summed E-state index contributed by atoms with van der Waals surface area (Å²) >= 11 is 0. The van der Waals surface area contributed by atoms with Gasteiger partial charge in [0.05, 0.1) is 7.11 Å². The quantitative estimate of drug-likeness (QED) is 0.507. The molecule has 2 aromatic rings. The third-order valence-corrected chi connectivity index (χ3v) is 5.87. The van der Waals surface area contributed by atoms with Crippen molar-refractivity contribution >= 4 is 5.82 Å². The van der Waals surface area contributed by atoms with Crippen LogP contribution in [-0.4, -0.2) is 49.8 Å². The second-order valence-electron chi connectivity index (χ2n) is 7.87. The zero-order valence-corrected chi connectivity index (χ0v) is 18.0. The van der Waals surface area contributed by atoms with E-state index in [0.29, 0.717) is 18.4 Å². The Bertz CT molecular complexity index is 853. The van der Waals surface area contributed by atoms with Crippen LogP contribution >= 0.6 is 0 Å². The molecule has 1 aromatic carbocycles. The number of ether oxygens (including phenoxy) is 3. The molecule has 0 amide bonds. The van der Waals surface area contributed by atoms with Gasteiger partial charge in [-0.25, -0.2) is 0 Å². The minimum absolute atomic E-state index is 0.195. The molecule has 1 aliphatic carbocycles. The topological polar surface area (TPSA) is 77.5 Å². The second kappa shape index (κ2) is 10.1. The number of nitrogens with zero attached hydrogens (tertiary/aromatic N) is 2. The Hall–Kier alpha value is -2.38. The highest BCUT2D eigenvalue weighted by molar-refractivity contribution is 5.74. The van der Waals surface area contributed by atoms with Crippen LogP contribution < -0.4 is 20.1 Å². The molecule has 1 aromatic heterocycles. The lowest BCUT2D eigenvalue weighted by molar-refractivity contribution is 0.0226. The number of aromatic nitrogens is 2. The van der Waals surface area contributed by atoms with E-state index < -0.39 is 0 Å². The first-order valence-corrected chi connectivity index (χ1v) is 11.0. The SMILES string of the molecule is CCOCOc1cc(OC)ccc1-c1nnc(NC2CCCNC2)c2c1CCCC2. The average molecular weight is 413 g/mol. The lowest BCUT2D eigenvalue weighted by Crippen LogP contribution is -2.39. The number of piperidine rings is 1. The number of benzene rings is 1. The van der Waals surface area contributed by atoms with Gasteiger partial charge in [-0.2, -0.15) is 0 Å². The zero-order valence-electron chi connectivity index (χ0n) is 18.0. The van der Waals surface area contributed by atoms with Crippen molar-refractivity contribution in [3.05, 3.63) is 29.3 Å². The summed E-state index contributed by atoms with van der Waals surface area (Å²) in [6.07, 6.45) is 6.75. The molecule has 0 radical (unpaired) electrons. The first-order valence-electron chi connectivity index (χ1n) is 11.0. The average Bonchev–Trinajstić information content (AvgIpc) is 2.80. The number of anilines is 1. The summed E-state index contributed by atoms with van der Waals surface area (Å²) < 4.78 is 16.7. The minimum atomic E-state index is 0.195. The highest BCUT2D eigenvalue weighted by Gasteiger charge is 2.24. The molecule has 7 nitrogen and oxygen atoms in total. The number of nitrogens with one attached hydrogen (secondary N) is 2. The maximum atomic E-state index is 5.92. The summed E-state index contributed by atoms with van der Waals surface area (Å²) in [4.78, 5) is 0. The molecule has 2 heterocycles. The molecular weight excluding hydrogens is 380 g/mol. The number of hydrogen-bond acceptors (Lipinski definition) is 7. The Labute approximate surface area is 178 Å². The van der Waals surface area contributed by atoms with Crippen LogP contribution in [0.1, 0.15) is 43.7 Å². The van der Waals surface area contributed by atoms with Crippen molar-refractivity contribution in [2.75, 3.05) is 38.9 Å². The van der Waals surface area contributed by atoms with Crippen LogP contribution in [0.15, 0.2) is 18.2 Å². The number of rotatable bonds is 8. The van der Waals surface area contributed by atoms with Crippen LogP contribution in [0.5, 0.6) is 11.5 Å². The van der Waals surface area contributed by atoms with Crippen molar-refractivity contribution in [3.8, 4) is 22.8 Å². The van der Waals surface area contributed by atoms with Gasteiger partial charge in [-0.05, 0) is 69.7 Å². The van der Waals surface area contributed by atoms with Crippen LogP contribution in [0.2, 0.25) is 0 Å². The Morgan fingerprint density at radius 1 is 1.13 bits per heavy atom. The zero-order chi connectivity index (χ0) is 20.8. The third kappa shape index (κ3) is 4.68. The summed E-state index contributed by atoms with van der Waals surface area (Å²) in [6, 6.07) is 6.26. The largest absolute Gasteiger partial charge is 0.497 e. The second-order valence-corrected chi connectivity index (χ2v) is 7.87. The molecule has 1 aliphatic heterocycles. The van der Waals surface area contributed by atoms with E-state index in [1.807, 2.05) is 25.1 Å². The van der Waals surface area contributed by atoms with Gasteiger partial charge in [-0.3, -0.25) is 0 Å². The highest BCUT2D eigenvalue weighted by Crippen LogP contribution is 2.38. The van der Waals surface area contributed by atoms with E-state index in [-0.39, 0.29) is 6.79 Å². The molecule has 1 saturated heterocycles. The molecule has 1 unspecified atom stereocenters. The summed E-state index contributed by atoms with van der Waals surface area (Å²) in [5.41, 5.74) is 4.44. The van der Waals surface area contributed by atoms with Crippen LogP contribution in [0.25, 0.3) is 11.3 Å². The molecule has 2 aliphatic rings. The Kier molecular flexibility index (Phi) is 7.02. The molecule has 1 fully saturated rings. The lowest BCUT2D eigenvalue weighted by Gasteiger charge is -2.27. The van der Waals surface area contributed by atoms with E-state index in [0.717, 1.165) is 48.8 Å². The van der Waals surface area contributed by atoms with Crippen molar-refractivity contribution < 1.29 is 14.2 Å². The van der Waals surface area contributed by atoms with E-state index in [4.69, 9.17) is 14.2 Å². The summed E-state index contributed by atoms with van der Waals surface area (Å²) in [5, 5.41) is 16.4. The molecule has 7 heteroatoms. The molecule has 30 heavy (non-hydrogen) atoms. The monoisotopic (exact) mass is 412 g/mol. The molecule has 1 atom stereocenters. The van der Waals surface area contributed by atoms with Crippen molar-refractivity contribution in [3.63, 3.8) is 0 Å². The molecule has 4 rings (SSSR count). The predicted molar refractivity (Wildman–Crippen MR) is 117 cm³/mol. The molecule has 0 spiro atoms. The number of methoxy groups -OCH3 is 1. The molecule has 162 valence electrons. The standard InChI is InChI=1S/C23H32N4O3/c1-3-29-15-30-21-13-17(28-2)10-11-20(21)22-18-8-4-5-9-19(18)23(27-26-22)25-16-7-6-12-24-14-16/h10-11,13,16,24H,3-9,12,14-15H2,1-2H3,(H,25,27). The van der Waals surface area contributed by atoms with Gasteiger partial charge in [0, 0.05) is 36.4 Å². The maximum absolute atomic E-state index is 5.92. The van der Waals surface area contributed by atoms with Gasteiger partial charge in [-0.15, -0.1) is 10.2 Å². The smallest absolute Gasteiger partial charge is 0.189 e. The number of hydrogen-bond donors (Lipinski definition) is 2. The van der Waals surface area contributed by atoms with Gasteiger partial charge in [0.2, 0.25) is 0 Å². The lowest BCUT2D eigenvalue weighted by atomic mass is 9.89. The number of fused-ring (bicyclic) bond motifs is 1. The fraction of sp³-hybridized carbons (Fsp3) is 0.565. The van der Waals surface area contributed by atoms with Gasteiger partial charge in [0.1, 0.15) is 17.2 Å². The van der Waals surface area contributed by atoms with Gasteiger partial charge < -0.3 is 24.8 Å². The third-order valence-electron chi connectivity index (χ3n) is 5.87. The summed E-state index contributed by atoms with van der Waals surface area (Å²) in [5.74, 6) is 2.41. The highest BCUT2D eigenvalue weighted by atomic mass is 16.7.